The van der Waals surface area contributed by atoms with Gasteiger partial charge in [0.25, 0.3) is 0 Å². The Morgan fingerprint density at radius 3 is 1.93 bits per heavy atom. The molecule has 3 rings (SSSR count). The Kier molecular flexibility index (Phi) is 1.83. The van der Waals surface area contributed by atoms with Crippen molar-refractivity contribution in [2.45, 2.75) is 0 Å². The molecule has 5 heteroatoms. The van der Waals surface area contributed by atoms with Gasteiger partial charge in [-0.15, -0.1) is 0 Å². The van der Waals surface area contributed by atoms with E-state index in [9.17, 15) is 0 Å². The fraction of sp³-hybridized carbons (Fsp3) is 0. The van der Waals surface area contributed by atoms with Crippen molar-refractivity contribution in [1.29, 1.82) is 0 Å². The summed E-state index contributed by atoms with van der Waals surface area (Å²) in [5, 5.41) is 0. The van der Waals surface area contributed by atoms with Gasteiger partial charge in [0.05, 0.1) is 11.0 Å². The average Bonchev–Trinajstić information content (AvgIpc) is 2.53. The molecule has 0 amide bonds. The van der Waals surface area contributed by atoms with Crippen LogP contribution in [0.2, 0.25) is 0 Å². The smallest absolute Gasteiger partial charge is 0.155 e. The van der Waals surface area contributed by atoms with Gasteiger partial charge in [0.2, 0.25) is 0 Å². The van der Waals surface area contributed by atoms with Crippen molar-refractivity contribution in [3.05, 3.63) is 27.4 Å². The Morgan fingerprint density at radius 1 is 0.929 bits per heavy atom. The van der Waals surface area contributed by atoms with Crippen LogP contribution in [-0.4, -0.2) is 9.97 Å². The topological polar surface area (TPSA) is 25.8 Å². The molecule has 2 heterocycles. The van der Waals surface area contributed by atoms with E-state index in [0.29, 0.717) is 0 Å². The lowest BCUT2D eigenvalue weighted by Crippen LogP contribution is -1.81. The maximum absolute atomic E-state index is 5.11. The minimum Gasteiger partial charge on any atom is -0.233 e. The van der Waals surface area contributed by atoms with Gasteiger partial charge in [0.15, 0.2) is 9.66 Å². The first-order valence-corrected chi connectivity index (χ1v) is 6.03. The third-order valence-corrected chi connectivity index (χ3v) is 4.29. The van der Waals surface area contributed by atoms with Crippen LogP contribution in [0.4, 0.5) is 0 Å². The largest absolute Gasteiger partial charge is 0.233 e. The van der Waals surface area contributed by atoms with Gasteiger partial charge in [-0.1, -0.05) is 47.0 Å². The van der Waals surface area contributed by atoms with Crippen molar-refractivity contribution in [2.75, 3.05) is 0 Å². The maximum Gasteiger partial charge on any atom is 0.155 e. The monoisotopic (exact) mass is 236 g/mol. The first kappa shape index (κ1) is 8.40. The quantitative estimate of drug-likeness (QED) is 0.557. The maximum atomic E-state index is 5.11. The van der Waals surface area contributed by atoms with Crippen molar-refractivity contribution in [3.8, 4) is 0 Å². The van der Waals surface area contributed by atoms with Gasteiger partial charge in [-0.25, -0.2) is 9.97 Å². The molecule has 0 saturated heterocycles. The van der Waals surface area contributed by atoms with Crippen LogP contribution in [0.5, 0.6) is 0 Å². The first-order chi connectivity index (χ1) is 6.83. The number of hydrogen-bond acceptors (Lipinski definition) is 5. The van der Waals surface area contributed by atoms with Gasteiger partial charge < -0.3 is 0 Å². The van der Waals surface area contributed by atoms with Crippen LogP contribution >= 0.6 is 34.9 Å². The summed E-state index contributed by atoms with van der Waals surface area (Å²) < 4.78 is 0.885. The van der Waals surface area contributed by atoms with Gasteiger partial charge in [-0.2, -0.15) is 0 Å². The van der Waals surface area contributed by atoms with Crippen molar-refractivity contribution in [2.24, 2.45) is 0 Å². The number of aromatic nitrogens is 2. The predicted octanol–water partition coefficient (Wildman–Crippen LogP) is 3.64. The Morgan fingerprint density at radius 2 is 1.43 bits per heavy atom. The van der Waals surface area contributed by atoms with Crippen LogP contribution in [0, 0.1) is 3.14 Å². The molecule has 0 radical (unpaired) electrons. The van der Waals surface area contributed by atoms with Crippen molar-refractivity contribution in [1.82, 2.24) is 9.97 Å². The van der Waals surface area contributed by atoms with E-state index >= 15 is 0 Å². The normalized spacial score (nSPS) is 11.1. The summed E-state index contributed by atoms with van der Waals surface area (Å²) in [5.41, 5.74) is 1.87. The second kappa shape index (κ2) is 3.05. The molecule has 2 nitrogen and oxygen atoms in total. The molecule has 0 bridgehead atoms. The summed E-state index contributed by atoms with van der Waals surface area (Å²) in [5.74, 6) is 0. The number of rotatable bonds is 0. The summed E-state index contributed by atoms with van der Waals surface area (Å²) >= 11 is 8.16. The fourth-order valence-electron chi connectivity index (χ4n) is 1.28. The molecular weight excluding hydrogens is 232 g/mol. The minimum atomic E-state index is 0.885. The van der Waals surface area contributed by atoms with E-state index in [0.717, 1.165) is 23.8 Å². The number of hydrogen-bond donors (Lipinski definition) is 0. The van der Waals surface area contributed by atoms with E-state index in [2.05, 4.69) is 9.97 Å². The lowest BCUT2D eigenvalue weighted by Gasteiger charge is -1.93. The summed E-state index contributed by atoms with van der Waals surface area (Å²) in [6.07, 6.45) is 0. The van der Waals surface area contributed by atoms with Gasteiger partial charge in [-0.3, -0.25) is 0 Å². The third kappa shape index (κ3) is 1.25. The van der Waals surface area contributed by atoms with E-state index < -0.39 is 0 Å². The molecule has 0 N–H and O–H groups in total. The molecule has 14 heavy (non-hydrogen) atoms. The molecule has 0 aliphatic heterocycles. The summed E-state index contributed by atoms with van der Waals surface area (Å²) in [6.45, 7) is 0. The Balaban J connectivity index is 2.57. The first-order valence-electron chi connectivity index (χ1n) is 3.99. The molecule has 0 aliphatic rings. The summed E-state index contributed by atoms with van der Waals surface area (Å²) in [7, 11) is 0. The molecule has 0 spiro atoms. The standard InChI is InChI=1S/C9H4N2S3/c12-9-13-7-8(14-9)11-6-4-2-1-3-5(6)10-7/h1-4H. The number of benzene rings is 1. The molecule has 3 aromatic rings. The second-order valence-electron chi connectivity index (χ2n) is 2.78. The van der Waals surface area contributed by atoms with Crippen LogP contribution in [0.1, 0.15) is 0 Å². The molecule has 68 valence electrons. The highest BCUT2D eigenvalue weighted by Gasteiger charge is 2.03. The molecule has 0 unspecified atom stereocenters. The third-order valence-electron chi connectivity index (χ3n) is 1.87. The van der Waals surface area contributed by atoms with Crippen LogP contribution < -0.4 is 0 Å². The highest BCUT2D eigenvalue weighted by Crippen LogP contribution is 2.26. The van der Waals surface area contributed by atoms with E-state index in [4.69, 9.17) is 12.2 Å². The summed E-state index contributed by atoms with van der Waals surface area (Å²) in [6, 6.07) is 7.87. The van der Waals surface area contributed by atoms with E-state index in [1.165, 1.54) is 22.7 Å². The highest BCUT2D eigenvalue weighted by atomic mass is 32.2. The van der Waals surface area contributed by atoms with E-state index in [1.807, 2.05) is 24.3 Å². The Hall–Kier alpha value is -0.910. The van der Waals surface area contributed by atoms with Crippen LogP contribution in [-0.2, 0) is 0 Å². The molecule has 0 atom stereocenters. The predicted molar refractivity (Wildman–Crippen MR) is 63.6 cm³/mol. The van der Waals surface area contributed by atoms with Crippen LogP contribution in [0.15, 0.2) is 24.3 Å². The Bertz CT molecular complexity index is 613. The fourth-order valence-corrected chi connectivity index (χ4v) is 3.51. The molecule has 0 aliphatic carbocycles. The van der Waals surface area contributed by atoms with E-state index in [-0.39, 0.29) is 0 Å². The molecule has 0 saturated carbocycles. The molecule has 0 fully saturated rings. The zero-order valence-electron chi connectivity index (χ0n) is 6.93. The zero-order valence-corrected chi connectivity index (χ0v) is 9.38. The van der Waals surface area contributed by atoms with Gasteiger partial charge in [-0.05, 0) is 12.1 Å². The van der Waals surface area contributed by atoms with Gasteiger partial charge in [0, 0.05) is 0 Å². The molecular formula is C9H4N2S3. The average molecular weight is 236 g/mol. The zero-order chi connectivity index (χ0) is 9.54. The van der Waals surface area contributed by atoms with Crippen molar-refractivity contribution < 1.29 is 0 Å². The lowest BCUT2D eigenvalue weighted by molar-refractivity contribution is 1.44. The number of para-hydroxylation sites is 2. The molecule has 2 aromatic heterocycles. The highest BCUT2D eigenvalue weighted by molar-refractivity contribution is 7.77. The number of fused-ring (bicyclic) bond motifs is 2. The van der Waals surface area contributed by atoms with Crippen LogP contribution in [0.3, 0.4) is 0 Å². The van der Waals surface area contributed by atoms with Gasteiger partial charge in [0.1, 0.15) is 3.14 Å². The SMILES string of the molecule is S=c1sc2nc3ccccc3nc2s1. The van der Waals surface area contributed by atoms with E-state index in [1.54, 1.807) is 0 Å². The second-order valence-corrected chi connectivity index (χ2v) is 5.96. The minimum absolute atomic E-state index is 0.885. The number of nitrogens with zero attached hydrogens (tertiary/aromatic N) is 2. The lowest BCUT2D eigenvalue weighted by atomic mass is 10.3. The molecule has 1 aromatic carbocycles. The Labute approximate surface area is 92.9 Å². The van der Waals surface area contributed by atoms with Gasteiger partial charge >= 0.3 is 0 Å². The van der Waals surface area contributed by atoms with Crippen molar-refractivity contribution >= 4 is 55.6 Å². The van der Waals surface area contributed by atoms with Crippen LogP contribution in [0.25, 0.3) is 20.7 Å². The van der Waals surface area contributed by atoms with Crippen molar-refractivity contribution in [3.63, 3.8) is 0 Å². The summed E-state index contributed by atoms with van der Waals surface area (Å²) in [4.78, 5) is 10.9.